The van der Waals surface area contributed by atoms with Gasteiger partial charge < -0.3 is 10.4 Å². The maximum atomic E-state index is 10.9. The number of benzene rings is 1. The highest BCUT2D eigenvalue weighted by molar-refractivity contribution is 5.94. The number of carboxylic acid groups (broad SMARTS) is 1. The van der Waals surface area contributed by atoms with Crippen LogP contribution in [0.2, 0.25) is 0 Å². The van der Waals surface area contributed by atoms with E-state index in [-0.39, 0.29) is 6.04 Å². The largest absolute Gasteiger partial charge is 0.478 e. The Kier molecular flexibility index (Phi) is 3.72. The number of para-hydroxylation sites is 1. The molecule has 0 fully saturated rings. The second kappa shape index (κ2) is 4.82. The fourth-order valence-electron chi connectivity index (χ4n) is 1.21. The monoisotopic (exact) mass is 207 g/mol. The standard InChI is InChI=1S/C12H17NO2/c1-8(2)9(3)13-11-7-5-4-6-10(11)12(14)15/h4-9,13H,1-3H3,(H,14,15). The van der Waals surface area contributed by atoms with Crippen molar-refractivity contribution in [3.05, 3.63) is 29.8 Å². The fourth-order valence-corrected chi connectivity index (χ4v) is 1.21. The first-order valence-electron chi connectivity index (χ1n) is 5.11. The van der Waals surface area contributed by atoms with Gasteiger partial charge in [0, 0.05) is 11.7 Å². The molecule has 3 nitrogen and oxygen atoms in total. The Labute approximate surface area is 90.1 Å². The molecule has 1 rings (SSSR count). The Morgan fingerprint density at radius 1 is 1.27 bits per heavy atom. The summed E-state index contributed by atoms with van der Waals surface area (Å²) in [6.07, 6.45) is 0. The molecule has 0 saturated heterocycles. The van der Waals surface area contributed by atoms with Crippen LogP contribution in [0.1, 0.15) is 31.1 Å². The molecule has 1 aromatic rings. The van der Waals surface area contributed by atoms with Crippen LogP contribution in [-0.2, 0) is 0 Å². The van der Waals surface area contributed by atoms with Gasteiger partial charge in [0.15, 0.2) is 0 Å². The molecule has 0 aliphatic carbocycles. The summed E-state index contributed by atoms with van der Waals surface area (Å²) < 4.78 is 0. The Balaban J connectivity index is 2.89. The highest BCUT2D eigenvalue weighted by atomic mass is 16.4. The van der Waals surface area contributed by atoms with Gasteiger partial charge in [-0.05, 0) is 25.0 Å². The van der Waals surface area contributed by atoms with E-state index in [4.69, 9.17) is 5.11 Å². The SMILES string of the molecule is CC(C)C(C)Nc1ccccc1C(=O)O. The van der Waals surface area contributed by atoms with E-state index in [1.807, 2.05) is 13.0 Å². The Bertz CT molecular complexity index is 347. The molecule has 0 saturated carbocycles. The zero-order valence-corrected chi connectivity index (χ0v) is 9.32. The first kappa shape index (κ1) is 11.6. The van der Waals surface area contributed by atoms with E-state index in [1.165, 1.54) is 0 Å². The molecule has 15 heavy (non-hydrogen) atoms. The molecule has 0 amide bonds. The maximum absolute atomic E-state index is 10.9. The van der Waals surface area contributed by atoms with Crippen LogP contribution in [-0.4, -0.2) is 17.1 Å². The van der Waals surface area contributed by atoms with Gasteiger partial charge in [-0.1, -0.05) is 26.0 Å². The molecule has 82 valence electrons. The quantitative estimate of drug-likeness (QED) is 0.798. The van der Waals surface area contributed by atoms with Crippen molar-refractivity contribution in [2.45, 2.75) is 26.8 Å². The minimum Gasteiger partial charge on any atom is -0.478 e. The van der Waals surface area contributed by atoms with Gasteiger partial charge in [0.05, 0.1) is 5.56 Å². The number of carbonyl (C=O) groups is 1. The summed E-state index contributed by atoms with van der Waals surface area (Å²) in [7, 11) is 0. The van der Waals surface area contributed by atoms with Crippen molar-refractivity contribution in [2.24, 2.45) is 5.92 Å². The van der Waals surface area contributed by atoms with Crippen molar-refractivity contribution in [1.29, 1.82) is 0 Å². The van der Waals surface area contributed by atoms with E-state index >= 15 is 0 Å². The predicted molar refractivity (Wildman–Crippen MR) is 61.3 cm³/mol. The molecule has 0 radical (unpaired) electrons. The summed E-state index contributed by atoms with van der Waals surface area (Å²) in [4.78, 5) is 10.9. The van der Waals surface area contributed by atoms with Crippen LogP contribution >= 0.6 is 0 Å². The molecular weight excluding hydrogens is 190 g/mol. The van der Waals surface area contributed by atoms with Gasteiger partial charge in [-0.3, -0.25) is 0 Å². The summed E-state index contributed by atoms with van der Waals surface area (Å²) in [5.41, 5.74) is 1.01. The molecule has 0 aromatic heterocycles. The Hall–Kier alpha value is -1.51. The first-order valence-corrected chi connectivity index (χ1v) is 5.11. The highest BCUT2D eigenvalue weighted by Crippen LogP contribution is 2.17. The van der Waals surface area contributed by atoms with Gasteiger partial charge in [0.1, 0.15) is 0 Å². The lowest BCUT2D eigenvalue weighted by Gasteiger charge is -2.19. The Morgan fingerprint density at radius 3 is 2.40 bits per heavy atom. The number of nitrogens with one attached hydrogen (secondary N) is 1. The lowest BCUT2D eigenvalue weighted by atomic mass is 10.1. The second-order valence-electron chi connectivity index (χ2n) is 4.03. The molecular formula is C12H17NO2. The number of carboxylic acids is 1. The number of hydrogen-bond acceptors (Lipinski definition) is 2. The molecule has 1 unspecified atom stereocenters. The molecule has 0 aliphatic heterocycles. The number of aromatic carboxylic acids is 1. The number of rotatable bonds is 4. The molecule has 0 aliphatic rings. The fraction of sp³-hybridized carbons (Fsp3) is 0.417. The van der Waals surface area contributed by atoms with Crippen molar-refractivity contribution < 1.29 is 9.90 Å². The third-order valence-corrected chi connectivity index (χ3v) is 2.54. The predicted octanol–water partition coefficient (Wildman–Crippen LogP) is 2.84. The molecule has 1 atom stereocenters. The summed E-state index contributed by atoms with van der Waals surface area (Å²) in [6.45, 7) is 6.24. The van der Waals surface area contributed by atoms with Gasteiger partial charge in [-0.25, -0.2) is 4.79 Å². The maximum Gasteiger partial charge on any atom is 0.337 e. The van der Waals surface area contributed by atoms with Crippen LogP contribution in [0.5, 0.6) is 0 Å². The minimum atomic E-state index is -0.894. The second-order valence-corrected chi connectivity index (χ2v) is 4.03. The molecule has 0 heterocycles. The smallest absolute Gasteiger partial charge is 0.337 e. The summed E-state index contributed by atoms with van der Waals surface area (Å²) in [5.74, 6) is -0.430. The van der Waals surface area contributed by atoms with Gasteiger partial charge in [0.25, 0.3) is 0 Å². The molecule has 0 bridgehead atoms. The van der Waals surface area contributed by atoms with E-state index in [9.17, 15) is 4.79 Å². The van der Waals surface area contributed by atoms with Crippen molar-refractivity contribution in [3.8, 4) is 0 Å². The van der Waals surface area contributed by atoms with Crippen molar-refractivity contribution in [2.75, 3.05) is 5.32 Å². The lowest BCUT2D eigenvalue weighted by Crippen LogP contribution is -2.22. The van der Waals surface area contributed by atoms with Gasteiger partial charge in [0.2, 0.25) is 0 Å². The third kappa shape index (κ3) is 2.98. The van der Waals surface area contributed by atoms with Crippen LogP contribution in [0, 0.1) is 5.92 Å². The molecule has 2 N–H and O–H groups in total. The summed E-state index contributed by atoms with van der Waals surface area (Å²) >= 11 is 0. The number of anilines is 1. The molecule has 1 aromatic carbocycles. The summed E-state index contributed by atoms with van der Waals surface area (Å²) in [6, 6.07) is 7.22. The van der Waals surface area contributed by atoms with Gasteiger partial charge >= 0.3 is 5.97 Å². The normalized spacial score (nSPS) is 12.5. The van der Waals surface area contributed by atoms with Gasteiger partial charge in [-0.2, -0.15) is 0 Å². The van der Waals surface area contributed by atoms with E-state index in [1.54, 1.807) is 18.2 Å². The average Bonchev–Trinajstić information content (AvgIpc) is 2.18. The lowest BCUT2D eigenvalue weighted by molar-refractivity contribution is 0.0698. The summed E-state index contributed by atoms with van der Waals surface area (Å²) in [5, 5.41) is 12.2. The zero-order chi connectivity index (χ0) is 11.4. The van der Waals surface area contributed by atoms with Crippen LogP contribution in [0.15, 0.2) is 24.3 Å². The van der Waals surface area contributed by atoms with E-state index in [0.717, 1.165) is 0 Å². The van der Waals surface area contributed by atoms with Crippen molar-refractivity contribution in [1.82, 2.24) is 0 Å². The van der Waals surface area contributed by atoms with E-state index < -0.39 is 5.97 Å². The minimum absolute atomic E-state index is 0.255. The number of hydrogen-bond donors (Lipinski definition) is 2. The highest BCUT2D eigenvalue weighted by Gasteiger charge is 2.12. The average molecular weight is 207 g/mol. The van der Waals surface area contributed by atoms with Gasteiger partial charge in [-0.15, -0.1) is 0 Å². The van der Waals surface area contributed by atoms with Crippen molar-refractivity contribution in [3.63, 3.8) is 0 Å². The third-order valence-electron chi connectivity index (χ3n) is 2.54. The van der Waals surface area contributed by atoms with Crippen LogP contribution in [0.25, 0.3) is 0 Å². The van der Waals surface area contributed by atoms with Crippen LogP contribution in [0.3, 0.4) is 0 Å². The van der Waals surface area contributed by atoms with Crippen LogP contribution in [0.4, 0.5) is 5.69 Å². The van der Waals surface area contributed by atoms with Crippen molar-refractivity contribution >= 4 is 11.7 Å². The molecule has 3 heteroatoms. The van der Waals surface area contributed by atoms with E-state index in [0.29, 0.717) is 17.2 Å². The Morgan fingerprint density at radius 2 is 1.87 bits per heavy atom. The molecule has 0 spiro atoms. The van der Waals surface area contributed by atoms with E-state index in [2.05, 4.69) is 19.2 Å². The topological polar surface area (TPSA) is 49.3 Å². The van der Waals surface area contributed by atoms with Crippen LogP contribution < -0.4 is 5.32 Å². The first-order chi connectivity index (χ1) is 7.02. The zero-order valence-electron chi connectivity index (χ0n) is 9.32.